The average Bonchev–Trinajstić information content (AvgIpc) is 3.18. The fraction of sp³-hybridized carbons (Fsp3) is 0.261. The molecule has 0 bridgehead atoms. The van der Waals surface area contributed by atoms with Crippen LogP contribution < -0.4 is 4.90 Å². The number of anilines is 1. The zero-order chi connectivity index (χ0) is 19.8. The number of nitrogens with zero attached hydrogens (tertiary/aromatic N) is 4. The molecule has 1 saturated heterocycles. The molecular formula is C23H22N4OS. The van der Waals surface area contributed by atoms with Gasteiger partial charge < -0.3 is 9.64 Å². The van der Waals surface area contributed by atoms with Crippen molar-refractivity contribution in [2.75, 3.05) is 18.0 Å². The second-order valence-electron chi connectivity index (χ2n) is 7.44. The summed E-state index contributed by atoms with van der Waals surface area (Å²) in [7, 11) is 0. The maximum Gasteiger partial charge on any atom is 0.181 e. The summed E-state index contributed by atoms with van der Waals surface area (Å²) in [6.07, 6.45) is 2.11. The van der Waals surface area contributed by atoms with Crippen molar-refractivity contribution in [2.45, 2.75) is 26.1 Å². The first-order valence-corrected chi connectivity index (χ1v) is 10.7. The largest absolute Gasteiger partial charge is 0.372 e. The van der Waals surface area contributed by atoms with E-state index in [1.807, 2.05) is 24.3 Å². The van der Waals surface area contributed by atoms with Crippen molar-refractivity contribution >= 4 is 27.4 Å². The van der Waals surface area contributed by atoms with Crippen LogP contribution in [0.25, 0.3) is 32.2 Å². The summed E-state index contributed by atoms with van der Waals surface area (Å²) in [5.74, 6) is 1.64. The Morgan fingerprint density at radius 1 is 0.966 bits per heavy atom. The molecule has 3 aromatic heterocycles. The van der Waals surface area contributed by atoms with Gasteiger partial charge in [0.25, 0.3) is 0 Å². The molecule has 6 heteroatoms. The lowest BCUT2D eigenvalue weighted by Gasteiger charge is -2.36. The summed E-state index contributed by atoms with van der Waals surface area (Å²) < 4.78 is 5.94. The highest BCUT2D eigenvalue weighted by Gasteiger charge is 2.26. The summed E-state index contributed by atoms with van der Waals surface area (Å²) in [6.45, 7) is 5.86. The standard InChI is InChI=1S/C23H22N4OS/c1-15-13-27(14-16(2)28-15)22-18-12-20(17-8-4-3-5-9-17)29-23(18)26-21(25-22)19-10-6-7-11-24-19/h3-12,15-16H,13-14H2,1-2H3. The highest BCUT2D eigenvalue weighted by atomic mass is 32.1. The molecule has 4 aromatic rings. The Morgan fingerprint density at radius 2 is 1.72 bits per heavy atom. The third-order valence-corrected chi connectivity index (χ3v) is 6.12. The lowest BCUT2D eigenvalue weighted by atomic mass is 10.1. The van der Waals surface area contributed by atoms with E-state index in [9.17, 15) is 0 Å². The molecule has 29 heavy (non-hydrogen) atoms. The fourth-order valence-electron chi connectivity index (χ4n) is 3.85. The van der Waals surface area contributed by atoms with Crippen LogP contribution in [0, 0.1) is 0 Å². The van der Waals surface area contributed by atoms with Gasteiger partial charge in [-0.25, -0.2) is 9.97 Å². The van der Waals surface area contributed by atoms with Crippen LogP contribution in [0.5, 0.6) is 0 Å². The monoisotopic (exact) mass is 402 g/mol. The zero-order valence-corrected chi connectivity index (χ0v) is 17.3. The highest BCUT2D eigenvalue weighted by molar-refractivity contribution is 7.22. The van der Waals surface area contributed by atoms with Gasteiger partial charge in [0.2, 0.25) is 0 Å². The number of hydrogen-bond acceptors (Lipinski definition) is 6. The number of rotatable bonds is 3. The summed E-state index contributed by atoms with van der Waals surface area (Å²) >= 11 is 1.70. The number of aromatic nitrogens is 3. The Bertz CT molecular complexity index is 1120. The molecule has 0 saturated carbocycles. The predicted octanol–water partition coefficient (Wildman–Crippen LogP) is 5.03. The minimum Gasteiger partial charge on any atom is -0.372 e. The number of pyridine rings is 1. The molecule has 0 N–H and O–H groups in total. The summed E-state index contributed by atoms with van der Waals surface area (Å²) in [4.78, 5) is 18.8. The van der Waals surface area contributed by atoms with Crippen molar-refractivity contribution < 1.29 is 4.74 Å². The number of ether oxygens (including phenoxy) is 1. The first kappa shape index (κ1) is 18.2. The number of morpholine rings is 1. The van der Waals surface area contributed by atoms with Crippen LogP contribution in [0.4, 0.5) is 5.82 Å². The molecule has 0 aliphatic carbocycles. The molecule has 5 rings (SSSR count). The van der Waals surface area contributed by atoms with E-state index in [2.05, 4.69) is 54.1 Å². The minimum atomic E-state index is 0.161. The van der Waals surface area contributed by atoms with Crippen LogP contribution in [-0.2, 0) is 4.74 Å². The van der Waals surface area contributed by atoms with Gasteiger partial charge in [0, 0.05) is 24.2 Å². The topological polar surface area (TPSA) is 51.1 Å². The molecule has 1 aliphatic heterocycles. The van der Waals surface area contributed by atoms with Gasteiger partial charge in [0.1, 0.15) is 16.3 Å². The normalized spacial score (nSPS) is 19.6. The third-order valence-electron chi connectivity index (χ3n) is 5.04. The maximum atomic E-state index is 5.94. The fourth-order valence-corrected chi connectivity index (χ4v) is 4.88. The van der Waals surface area contributed by atoms with Crippen molar-refractivity contribution in [3.8, 4) is 22.0 Å². The molecule has 4 heterocycles. The van der Waals surface area contributed by atoms with E-state index in [4.69, 9.17) is 14.7 Å². The van der Waals surface area contributed by atoms with Gasteiger partial charge in [-0.15, -0.1) is 11.3 Å². The van der Waals surface area contributed by atoms with E-state index in [-0.39, 0.29) is 12.2 Å². The van der Waals surface area contributed by atoms with Crippen LogP contribution >= 0.6 is 11.3 Å². The first-order valence-electron chi connectivity index (χ1n) is 9.86. The smallest absolute Gasteiger partial charge is 0.181 e. The van der Waals surface area contributed by atoms with Gasteiger partial charge in [-0.05, 0) is 37.6 Å². The minimum absolute atomic E-state index is 0.161. The number of benzene rings is 1. The number of thiophene rings is 1. The van der Waals surface area contributed by atoms with Crippen LogP contribution in [0.2, 0.25) is 0 Å². The molecule has 1 aromatic carbocycles. The van der Waals surface area contributed by atoms with E-state index in [1.165, 1.54) is 10.4 Å². The predicted molar refractivity (Wildman–Crippen MR) is 118 cm³/mol. The molecule has 1 aliphatic rings. The molecule has 5 nitrogen and oxygen atoms in total. The molecule has 0 spiro atoms. The van der Waals surface area contributed by atoms with Gasteiger partial charge in [-0.3, -0.25) is 4.98 Å². The summed E-state index contributed by atoms with van der Waals surface area (Å²) in [5.41, 5.74) is 1.99. The van der Waals surface area contributed by atoms with E-state index in [1.54, 1.807) is 17.5 Å². The van der Waals surface area contributed by atoms with E-state index >= 15 is 0 Å². The second-order valence-corrected chi connectivity index (χ2v) is 8.47. The number of fused-ring (bicyclic) bond motifs is 1. The van der Waals surface area contributed by atoms with Crippen LogP contribution in [-0.4, -0.2) is 40.2 Å². The maximum absolute atomic E-state index is 5.94. The van der Waals surface area contributed by atoms with Crippen molar-refractivity contribution in [3.05, 3.63) is 60.8 Å². The van der Waals surface area contributed by atoms with Gasteiger partial charge in [0.15, 0.2) is 5.82 Å². The lowest BCUT2D eigenvalue weighted by molar-refractivity contribution is -0.00536. The molecule has 1 fully saturated rings. The molecule has 0 radical (unpaired) electrons. The Hall–Kier alpha value is -2.83. The quantitative estimate of drug-likeness (QED) is 0.481. The zero-order valence-electron chi connectivity index (χ0n) is 16.4. The van der Waals surface area contributed by atoms with Crippen LogP contribution in [0.1, 0.15) is 13.8 Å². The van der Waals surface area contributed by atoms with Gasteiger partial charge in [-0.1, -0.05) is 36.4 Å². The summed E-state index contributed by atoms with van der Waals surface area (Å²) in [6, 6.07) is 18.5. The van der Waals surface area contributed by atoms with Gasteiger partial charge in [-0.2, -0.15) is 0 Å². The van der Waals surface area contributed by atoms with Gasteiger partial charge >= 0.3 is 0 Å². The third kappa shape index (κ3) is 3.61. The molecule has 0 amide bonds. The second kappa shape index (κ2) is 7.54. The SMILES string of the molecule is CC1CN(c2nc(-c3ccccn3)nc3sc(-c4ccccc4)cc23)CC(C)O1. The van der Waals surface area contributed by atoms with Crippen LogP contribution in [0.3, 0.4) is 0 Å². The van der Waals surface area contributed by atoms with Crippen molar-refractivity contribution in [1.82, 2.24) is 15.0 Å². The van der Waals surface area contributed by atoms with E-state index in [0.29, 0.717) is 5.82 Å². The number of hydrogen-bond donors (Lipinski definition) is 0. The Labute approximate surface area is 174 Å². The van der Waals surface area contributed by atoms with Crippen molar-refractivity contribution in [2.24, 2.45) is 0 Å². The van der Waals surface area contributed by atoms with Crippen molar-refractivity contribution in [3.63, 3.8) is 0 Å². The average molecular weight is 403 g/mol. The highest BCUT2D eigenvalue weighted by Crippen LogP contribution is 2.38. The van der Waals surface area contributed by atoms with Crippen molar-refractivity contribution in [1.29, 1.82) is 0 Å². The Balaban J connectivity index is 1.69. The molecule has 146 valence electrons. The lowest BCUT2D eigenvalue weighted by Crippen LogP contribution is -2.46. The first-order chi connectivity index (χ1) is 14.2. The van der Waals surface area contributed by atoms with Gasteiger partial charge in [0.05, 0.1) is 17.6 Å². The molecule has 2 unspecified atom stereocenters. The van der Waals surface area contributed by atoms with E-state index < -0.39 is 0 Å². The summed E-state index contributed by atoms with van der Waals surface area (Å²) in [5, 5.41) is 1.09. The Morgan fingerprint density at radius 3 is 2.45 bits per heavy atom. The molecule has 2 atom stereocenters. The van der Waals surface area contributed by atoms with Crippen LogP contribution in [0.15, 0.2) is 60.8 Å². The van der Waals surface area contributed by atoms with E-state index in [0.717, 1.165) is 34.8 Å². The molecular weight excluding hydrogens is 380 g/mol. The Kier molecular flexibility index (Phi) is 4.73.